The van der Waals surface area contributed by atoms with E-state index in [0.29, 0.717) is 6.42 Å². The van der Waals surface area contributed by atoms with Gasteiger partial charge in [0.15, 0.2) is 11.9 Å². The van der Waals surface area contributed by atoms with Crippen molar-refractivity contribution < 1.29 is 4.79 Å². The SMILES string of the molecule is CC[C@]1(c2cccc(N3CCCCC3)c2)C2=C(CC(C)(C)CC2=O)NC2N=NC(C)=C21. The average molecular weight is 419 g/mol. The van der Waals surface area contributed by atoms with Crippen molar-refractivity contribution in [3.05, 3.63) is 52.4 Å². The lowest BCUT2D eigenvalue weighted by atomic mass is 9.58. The van der Waals surface area contributed by atoms with Gasteiger partial charge in [0.2, 0.25) is 0 Å². The van der Waals surface area contributed by atoms with Crippen LogP contribution in [0.15, 0.2) is 57.0 Å². The molecular weight excluding hydrogens is 384 g/mol. The summed E-state index contributed by atoms with van der Waals surface area (Å²) in [6.45, 7) is 10.9. The fourth-order valence-electron chi connectivity index (χ4n) is 6.33. The molecule has 5 nitrogen and oxygen atoms in total. The summed E-state index contributed by atoms with van der Waals surface area (Å²) >= 11 is 0. The summed E-state index contributed by atoms with van der Waals surface area (Å²) in [5.41, 5.74) is 6.14. The lowest BCUT2D eigenvalue weighted by molar-refractivity contribution is -0.119. The maximum atomic E-state index is 13.7. The minimum Gasteiger partial charge on any atom is -0.372 e. The maximum Gasteiger partial charge on any atom is 0.165 e. The predicted octanol–water partition coefficient (Wildman–Crippen LogP) is 5.64. The van der Waals surface area contributed by atoms with Crippen molar-refractivity contribution in [1.29, 1.82) is 0 Å². The van der Waals surface area contributed by atoms with Crippen LogP contribution in [-0.4, -0.2) is 25.0 Å². The molecule has 1 aromatic carbocycles. The second-order valence-corrected chi connectivity index (χ2v) is 10.4. The standard InChI is InChI=1S/C26H34N4O/c1-5-26(18-10-9-11-19(14-18)30-12-7-6-8-13-30)22-17(2)28-29-24(22)27-20-15-25(3,4)16-21(31)23(20)26/h9-11,14,24,27H,5-8,12-13,15-16H2,1-4H3/t24?,26-/m1/s1. The molecule has 0 aromatic heterocycles. The second kappa shape index (κ2) is 7.32. The van der Waals surface area contributed by atoms with Crippen molar-refractivity contribution in [2.75, 3.05) is 18.0 Å². The Balaban J connectivity index is 1.71. The average Bonchev–Trinajstić information content (AvgIpc) is 3.13. The van der Waals surface area contributed by atoms with Crippen LogP contribution in [0, 0.1) is 5.41 Å². The molecule has 31 heavy (non-hydrogen) atoms. The summed E-state index contributed by atoms with van der Waals surface area (Å²) in [7, 11) is 0. The number of nitrogens with zero attached hydrogens (tertiary/aromatic N) is 3. The number of nitrogens with one attached hydrogen (secondary N) is 1. The number of allylic oxidation sites excluding steroid dienone is 3. The zero-order valence-corrected chi connectivity index (χ0v) is 19.3. The van der Waals surface area contributed by atoms with Crippen molar-refractivity contribution in [3.63, 3.8) is 0 Å². The van der Waals surface area contributed by atoms with E-state index in [2.05, 4.69) is 65.5 Å². The lowest BCUT2D eigenvalue weighted by Gasteiger charge is -2.48. The van der Waals surface area contributed by atoms with Crippen molar-refractivity contribution in [2.24, 2.45) is 15.6 Å². The van der Waals surface area contributed by atoms with Gasteiger partial charge in [-0.1, -0.05) is 32.9 Å². The Morgan fingerprint density at radius 2 is 1.94 bits per heavy atom. The first-order valence-corrected chi connectivity index (χ1v) is 11.9. The van der Waals surface area contributed by atoms with Gasteiger partial charge in [-0.25, -0.2) is 0 Å². The van der Waals surface area contributed by atoms with E-state index in [-0.39, 0.29) is 17.4 Å². The van der Waals surface area contributed by atoms with E-state index < -0.39 is 5.41 Å². The number of piperidine rings is 1. The molecule has 3 aliphatic heterocycles. The maximum absolute atomic E-state index is 13.7. The van der Waals surface area contributed by atoms with E-state index in [1.807, 2.05) is 6.92 Å². The van der Waals surface area contributed by atoms with Crippen LogP contribution in [0.25, 0.3) is 0 Å². The fourth-order valence-corrected chi connectivity index (χ4v) is 6.33. The summed E-state index contributed by atoms with van der Waals surface area (Å²) in [6.07, 6.45) is 5.95. The van der Waals surface area contributed by atoms with Crippen molar-refractivity contribution in [1.82, 2.24) is 5.32 Å². The Morgan fingerprint density at radius 1 is 1.16 bits per heavy atom. The van der Waals surface area contributed by atoms with Crippen LogP contribution in [0.1, 0.15) is 71.8 Å². The molecule has 3 heterocycles. The highest BCUT2D eigenvalue weighted by Gasteiger charge is 2.53. The normalized spacial score (nSPS) is 29.7. The number of rotatable bonds is 3. The number of anilines is 1. The number of benzene rings is 1. The van der Waals surface area contributed by atoms with Gasteiger partial charge in [-0.15, -0.1) is 0 Å². The summed E-state index contributed by atoms with van der Waals surface area (Å²) in [5, 5.41) is 12.6. The molecule has 2 atom stereocenters. The van der Waals surface area contributed by atoms with Gasteiger partial charge in [-0.3, -0.25) is 4.79 Å². The fraction of sp³-hybridized carbons (Fsp3) is 0.577. The van der Waals surface area contributed by atoms with Crippen LogP contribution in [0.3, 0.4) is 0 Å². The van der Waals surface area contributed by atoms with Crippen LogP contribution in [0.5, 0.6) is 0 Å². The lowest BCUT2D eigenvalue weighted by Crippen LogP contribution is -2.51. The Hall–Kier alpha value is -2.43. The van der Waals surface area contributed by atoms with Gasteiger partial charge in [0.1, 0.15) is 0 Å². The predicted molar refractivity (Wildman–Crippen MR) is 124 cm³/mol. The van der Waals surface area contributed by atoms with Crippen LogP contribution < -0.4 is 10.2 Å². The second-order valence-electron chi connectivity index (χ2n) is 10.4. The third-order valence-corrected chi connectivity index (χ3v) is 7.65. The van der Waals surface area contributed by atoms with Gasteiger partial charge >= 0.3 is 0 Å². The Bertz CT molecular complexity index is 1010. The summed E-state index contributed by atoms with van der Waals surface area (Å²) in [4.78, 5) is 16.2. The molecule has 0 spiro atoms. The third-order valence-electron chi connectivity index (χ3n) is 7.65. The molecule has 0 radical (unpaired) electrons. The van der Waals surface area contributed by atoms with Gasteiger partial charge in [-0.2, -0.15) is 10.2 Å². The first-order valence-electron chi connectivity index (χ1n) is 11.9. The molecule has 0 bridgehead atoms. The zero-order chi connectivity index (χ0) is 21.8. The quantitative estimate of drug-likeness (QED) is 0.691. The molecule has 0 saturated carbocycles. The minimum atomic E-state index is -0.460. The molecule has 5 rings (SSSR count). The summed E-state index contributed by atoms with van der Waals surface area (Å²) < 4.78 is 0. The summed E-state index contributed by atoms with van der Waals surface area (Å²) in [5.74, 6) is 0.273. The number of Topliss-reactive ketones (excluding diaryl/α,β-unsaturated/α-hetero) is 1. The highest BCUT2D eigenvalue weighted by atomic mass is 16.1. The van der Waals surface area contributed by atoms with Crippen molar-refractivity contribution >= 4 is 11.5 Å². The molecule has 1 saturated heterocycles. The first-order chi connectivity index (χ1) is 14.9. The highest BCUT2D eigenvalue weighted by molar-refractivity contribution is 6.01. The van der Waals surface area contributed by atoms with Crippen molar-refractivity contribution in [3.8, 4) is 0 Å². The minimum absolute atomic E-state index is 0.0376. The number of ketones is 1. The molecular formula is C26H34N4O. The molecule has 0 amide bonds. The van der Waals surface area contributed by atoms with Crippen molar-refractivity contribution in [2.45, 2.75) is 77.8 Å². The van der Waals surface area contributed by atoms with E-state index in [4.69, 9.17) is 0 Å². The number of hydrogen-bond acceptors (Lipinski definition) is 5. The van der Waals surface area contributed by atoms with Gasteiger partial charge < -0.3 is 10.2 Å². The largest absolute Gasteiger partial charge is 0.372 e. The molecule has 1 N–H and O–H groups in total. The van der Waals surface area contributed by atoms with Gasteiger partial charge in [0.05, 0.1) is 11.1 Å². The number of azo groups is 1. The van der Waals surface area contributed by atoms with E-state index in [1.54, 1.807) is 0 Å². The van der Waals surface area contributed by atoms with E-state index in [1.165, 1.54) is 30.5 Å². The van der Waals surface area contributed by atoms with Gasteiger partial charge in [0, 0.05) is 42.0 Å². The Kier molecular flexibility index (Phi) is 4.83. The molecule has 5 heteroatoms. The first kappa shape index (κ1) is 20.5. The summed E-state index contributed by atoms with van der Waals surface area (Å²) in [6, 6.07) is 8.95. The smallest absolute Gasteiger partial charge is 0.165 e. The number of hydrogen-bond donors (Lipinski definition) is 1. The molecule has 1 fully saturated rings. The van der Waals surface area contributed by atoms with Gasteiger partial charge in [-0.05, 0) is 62.1 Å². The monoisotopic (exact) mass is 418 g/mol. The Morgan fingerprint density at radius 3 is 2.68 bits per heavy atom. The molecule has 1 aromatic rings. The molecule has 1 aliphatic carbocycles. The topological polar surface area (TPSA) is 57.1 Å². The Labute approximate surface area is 185 Å². The van der Waals surface area contributed by atoms with E-state index in [0.717, 1.165) is 48.5 Å². The number of carbonyl (C=O) groups excluding carboxylic acids is 1. The van der Waals surface area contributed by atoms with E-state index in [9.17, 15) is 4.79 Å². The van der Waals surface area contributed by atoms with Gasteiger partial charge in [0.25, 0.3) is 0 Å². The van der Waals surface area contributed by atoms with Crippen LogP contribution >= 0.6 is 0 Å². The van der Waals surface area contributed by atoms with Crippen LogP contribution in [0.2, 0.25) is 0 Å². The van der Waals surface area contributed by atoms with Crippen LogP contribution in [-0.2, 0) is 10.2 Å². The molecule has 4 aliphatic rings. The van der Waals surface area contributed by atoms with E-state index >= 15 is 0 Å². The zero-order valence-electron chi connectivity index (χ0n) is 19.3. The molecule has 164 valence electrons. The number of fused-ring (bicyclic) bond motifs is 1. The highest BCUT2D eigenvalue weighted by Crippen LogP contribution is 2.55. The number of carbonyl (C=O) groups is 1. The molecule has 1 unspecified atom stereocenters. The third kappa shape index (κ3) is 3.16. The van der Waals surface area contributed by atoms with Crippen LogP contribution in [0.4, 0.5) is 5.69 Å².